The number of fused-ring (bicyclic) bond motifs is 1. The molecule has 4 rings (SSSR count). The van der Waals surface area contributed by atoms with E-state index in [2.05, 4.69) is 10.6 Å². The van der Waals surface area contributed by atoms with Gasteiger partial charge in [0, 0.05) is 11.6 Å². The first-order valence-corrected chi connectivity index (χ1v) is 9.39. The van der Waals surface area contributed by atoms with E-state index in [9.17, 15) is 14.0 Å². The summed E-state index contributed by atoms with van der Waals surface area (Å²) in [5.41, 5.74) is 2.91. The predicted molar refractivity (Wildman–Crippen MR) is 108 cm³/mol. The molecule has 2 amide bonds. The first-order valence-electron chi connectivity index (χ1n) is 9.39. The SMILES string of the molecule is Cc1cc(-c2cccc3c(C(=O)NCC(=O)NC4CC4)cccc23)ccc1F. The molecule has 0 aromatic heterocycles. The van der Waals surface area contributed by atoms with Crippen LogP contribution in [0.3, 0.4) is 0 Å². The zero-order valence-corrected chi connectivity index (χ0v) is 15.6. The molecule has 1 aliphatic carbocycles. The van der Waals surface area contributed by atoms with Gasteiger partial charge in [-0.25, -0.2) is 4.39 Å². The minimum Gasteiger partial charge on any atom is -0.352 e. The van der Waals surface area contributed by atoms with Gasteiger partial charge in [-0.15, -0.1) is 0 Å². The number of hydrogen-bond acceptors (Lipinski definition) is 2. The van der Waals surface area contributed by atoms with Crippen molar-refractivity contribution >= 4 is 22.6 Å². The molecule has 3 aromatic rings. The van der Waals surface area contributed by atoms with Crippen LogP contribution in [-0.2, 0) is 4.79 Å². The van der Waals surface area contributed by atoms with E-state index in [-0.39, 0.29) is 30.2 Å². The van der Waals surface area contributed by atoms with Crippen LogP contribution in [0.15, 0.2) is 54.6 Å². The van der Waals surface area contributed by atoms with Gasteiger partial charge >= 0.3 is 0 Å². The standard InChI is InChI=1S/C23H21FN2O2/c1-14-12-15(8-11-21(14)24)17-4-2-6-19-18(17)5-3-7-20(19)23(28)25-13-22(27)26-16-9-10-16/h2-8,11-12,16H,9-10,13H2,1H3,(H,25,28)(H,26,27). The molecule has 0 bridgehead atoms. The molecule has 142 valence electrons. The van der Waals surface area contributed by atoms with Crippen molar-refractivity contribution in [2.75, 3.05) is 6.54 Å². The van der Waals surface area contributed by atoms with Crippen LogP contribution in [0.25, 0.3) is 21.9 Å². The third-order valence-corrected chi connectivity index (χ3v) is 4.99. The van der Waals surface area contributed by atoms with E-state index in [0.29, 0.717) is 11.1 Å². The van der Waals surface area contributed by atoms with Crippen molar-refractivity contribution in [3.05, 3.63) is 71.5 Å². The van der Waals surface area contributed by atoms with Crippen molar-refractivity contribution < 1.29 is 14.0 Å². The van der Waals surface area contributed by atoms with Gasteiger partial charge in [0.15, 0.2) is 0 Å². The fourth-order valence-electron chi connectivity index (χ4n) is 3.33. The van der Waals surface area contributed by atoms with E-state index in [1.165, 1.54) is 6.07 Å². The Balaban J connectivity index is 1.63. The van der Waals surface area contributed by atoms with Crippen molar-refractivity contribution in [3.8, 4) is 11.1 Å². The minimum absolute atomic E-state index is 0.0391. The van der Waals surface area contributed by atoms with E-state index in [0.717, 1.165) is 34.7 Å². The second-order valence-electron chi connectivity index (χ2n) is 7.19. The molecule has 1 fully saturated rings. The summed E-state index contributed by atoms with van der Waals surface area (Å²) >= 11 is 0. The summed E-state index contributed by atoms with van der Waals surface area (Å²) in [5, 5.41) is 7.25. The highest BCUT2D eigenvalue weighted by atomic mass is 19.1. The summed E-state index contributed by atoms with van der Waals surface area (Å²) in [6, 6.07) is 16.5. The smallest absolute Gasteiger partial charge is 0.252 e. The van der Waals surface area contributed by atoms with Gasteiger partial charge in [0.25, 0.3) is 5.91 Å². The van der Waals surface area contributed by atoms with Crippen LogP contribution < -0.4 is 10.6 Å². The van der Waals surface area contributed by atoms with Gasteiger partial charge < -0.3 is 10.6 Å². The van der Waals surface area contributed by atoms with Crippen molar-refractivity contribution in [2.45, 2.75) is 25.8 Å². The van der Waals surface area contributed by atoms with E-state index in [1.54, 1.807) is 25.1 Å². The third-order valence-electron chi connectivity index (χ3n) is 4.99. The van der Waals surface area contributed by atoms with Crippen LogP contribution in [0.4, 0.5) is 4.39 Å². The van der Waals surface area contributed by atoms with Crippen LogP contribution in [-0.4, -0.2) is 24.4 Å². The van der Waals surface area contributed by atoms with Crippen molar-refractivity contribution in [1.29, 1.82) is 0 Å². The molecule has 0 heterocycles. The molecule has 0 unspecified atom stereocenters. The third kappa shape index (κ3) is 3.74. The highest BCUT2D eigenvalue weighted by Gasteiger charge is 2.23. The lowest BCUT2D eigenvalue weighted by Gasteiger charge is -2.12. The van der Waals surface area contributed by atoms with Gasteiger partial charge in [0.1, 0.15) is 5.82 Å². The average Bonchev–Trinajstić information content (AvgIpc) is 3.51. The number of amides is 2. The van der Waals surface area contributed by atoms with Crippen LogP contribution >= 0.6 is 0 Å². The number of benzene rings is 3. The lowest BCUT2D eigenvalue weighted by Crippen LogP contribution is -2.37. The number of nitrogens with one attached hydrogen (secondary N) is 2. The minimum atomic E-state index is -0.288. The zero-order valence-electron chi connectivity index (χ0n) is 15.6. The molecular formula is C23H21FN2O2. The molecular weight excluding hydrogens is 355 g/mol. The largest absolute Gasteiger partial charge is 0.352 e. The summed E-state index contributed by atoms with van der Waals surface area (Å²) in [7, 11) is 0. The van der Waals surface area contributed by atoms with Gasteiger partial charge in [0.05, 0.1) is 6.54 Å². The molecule has 0 radical (unpaired) electrons. The van der Waals surface area contributed by atoms with Gasteiger partial charge in [-0.2, -0.15) is 0 Å². The zero-order chi connectivity index (χ0) is 19.7. The molecule has 2 N–H and O–H groups in total. The maximum atomic E-state index is 13.6. The first-order chi connectivity index (χ1) is 13.5. The Morgan fingerprint density at radius 1 is 1.04 bits per heavy atom. The summed E-state index contributed by atoms with van der Waals surface area (Å²) in [5.74, 6) is -0.698. The molecule has 0 spiro atoms. The molecule has 0 atom stereocenters. The number of rotatable bonds is 5. The van der Waals surface area contributed by atoms with Crippen molar-refractivity contribution in [2.24, 2.45) is 0 Å². The van der Waals surface area contributed by atoms with Gasteiger partial charge in [-0.05, 0) is 65.4 Å². The Hall–Kier alpha value is -3.21. The topological polar surface area (TPSA) is 58.2 Å². The highest BCUT2D eigenvalue weighted by Crippen LogP contribution is 2.31. The number of hydrogen-bond donors (Lipinski definition) is 2. The summed E-state index contributed by atoms with van der Waals surface area (Å²) in [6.07, 6.45) is 2.02. The lowest BCUT2D eigenvalue weighted by atomic mass is 9.94. The van der Waals surface area contributed by atoms with E-state index >= 15 is 0 Å². The van der Waals surface area contributed by atoms with E-state index < -0.39 is 0 Å². The second-order valence-corrected chi connectivity index (χ2v) is 7.19. The number of halogens is 1. The molecule has 0 saturated heterocycles. The van der Waals surface area contributed by atoms with Crippen LogP contribution in [0.5, 0.6) is 0 Å². The first kappa shape index (κ1) is 18.2. The van der Waals surface area contributed by atoms with Crippen LogP contribution in [0.2, 0.25) is 0 Å². The fraction of sp³-hybridized carbons (Fsp3) is 0.217. The summed E-state index contributed by atoms with van der Waals surface area (Å²) < 4.78 is 13.6. The van der Waals surface area contributed by atoms with Gasteiger partial charge in [0.2, 0.25) is 5.91 Å². The molecule has 3 aromatic carbocycles. The monoisotopic (exact) mass is 376 g/mol. The van der Waals surface area contributed by atoms with Gasteiger partial charge in [-0.1, -0.05) is 36.4 Å². The summed E-state index contributed by atoms with van der Waals surface area (Å²) in [4.78, 5) is 24.5. The molecule has 1 saturated carbocycles. The summed E-state index contributed by atoms with van der Waals surface area (Å²) in [6.45, 7) is 1.69. The fourth-order valence-corrected chi connectivity index (χ4v) is 3.33. The lowest BCUT2D eigenvalue weighted by molar-refractivity contribution is -0.120. The molecule has 0 aliphatic heterocycles. The number of carbonyl (C=O) groups excluding carboxylic acids is 2. The van der Waals surface area contributed by atoms with Crippen LogP contribution in [0, 0.1) is 12.7 Å². The molecule has 5 heteroatoms. The maximum absolute atomic E-state index is 13.6. The Labute approximate surface area is 162 Å². The normalized spacial score (nSPS) is 13.4. The number of aryl methyl sites for hydroxylation is 1. The Morgan fingerprint density at radius 2 is 1.79 bits per heavy atom. The van der Waals surface area contributed by atoms with Gasteiger partial charge in [-0.3, -0.25) is 9.59 Å². The van der Waals surface area contributed by atoms with E-state index in [4.69, 9.17) is 0 Å². The quantitative estimate of drug-likeness (QED) is 0.708. The molecule has 28 heavy (non-hydrogen) atoms. The highest BCUT2D eigenvalue weighted by molar-refractivity contribution is 6.11. The van der Waals surface area contributed by atoms with Crippen molar-refractivity contribution in [3.63, 3.8) is 0 Å². The number of carbonyl (C=O) groups is 2. The predicted octanol–water partition coefficient (Wildman–Crippen LogP) is 3.96. The Kier molecular flexibility index (Phi) is 4.82. The second kappa shape index (κ2) is 7.43. The maximum Gasteiger partial charge on any atom is 0.252 e. The molecule has 4 nitrogen and oxygen atoms in total. The molecule has 1 aliphatic rings. The Bertz CT molecular complexity index is 1070. The average molecular weight is 376 g/mol. The van der Waals surface area contributed by atoms with Crippen molar-refractivity contribution in [1.82, 2.24) is 10.6 Å². The van der Waals surface area contributed by atoms with E-state index in [1.807, 2.05) is 30.3 Å². The Morgan fingerprint density at radius 3 is 2.54 bits per heavy atom. The van der Waals surface area contributed by atoms with Crippen LogP contribution in [0.1, 0.15) is 28.8 Å².